The predicted molar refractivity (Wildman–Crippen MR) is 91.9 cm³/mol. The summed E-state index contributed by atoms with van der Waals surface area (Å²) in [7, 11) is 1.81. The largest absolute Gasteiger partial charge is 0.381 e. The Morgan fingerprint density at radius 3 is 2.75 bits per heavy atom. The number of H-pyrrole nitrogens is 1. The Balaban J connectivity index is 1.35. The van der Waals surface area contributed by atoms with Gasteiger partial charge in [-0.3, -0.25) is 4.57 Å². The van der Waals surface area contributed by atoms with Gasteiger partial charge in [0, 0.05) is 38.8 Å². The number of rotatable bonds is 4. The number of hydrogen-bond acceptors (Lipinski definition) is 4. The fourth-order valence-electron chi connectivity index (χ4n) is 5.09. The van der Waals surface area contributed by atoms with E-state index in [0.29, 0.717) is 23.4 Å². The standard InChI is InChI=1S/C18H30N4O2/c1-22-16(20-21-17(22)23)10-13-4-2-3-5-15(13)19-14-11-18(12-14)6-8-24-9-7-18/h13-15,19H,2-12H2,1H3,(H,21,23)/t13-,15-/m1/s1. The van der Waals surface area contributed by atoms with Crippen LogP contribution in [0, 0.1) is 11.3 Å². The summed E-state index contributed by atoms with van der Waals surface area (Å²) in [4.78, 5) is 11.6. The highest BCUT2D eigenvalue weighted by Gasteiger charge is 2.45. The molecule has 24 heavy (non-hydrogen) atoms. The van der Waals surface area contributed by atoms with E-state index in [2.05, 4.69) is 15.5 Å². The van der Waals surface area contributed by atoms with Gasteiger partial charge in [0.1, 0.15) is 5.82 Å². The third-order valence-electron chi connectivity index (χ3n) is 6.69. The Hall–Kier alpha value is -1.14. The maximum absolute atomic E-state index is 11.6. The van der Waals surface area contributed by atoms with Crippen LogP contribution in [0.25, 0.3) is 0 Å². The average Bonchev–Trinajstić information content (AvgIpc) is 2.88. The zero-order valence-corrected chi connectivity index (χ0v) is 14.7. The molecule has 1 saturated heterocycles. The predicted octanol–water partition coefficient (Wildman–Crippen LogP) is 1.76. The van der Waals surface area contributed by atoms with Crippen LogP contribution in [0.3, 0.4) is 0 Å². The normalized spacial score (nSPS) is 30.4. The Kier molecular flexibility index (Phi) is 4.52. The molecule has 0 bridgehead atoms. The highest BCUT2D eigenvalue weighted by molar-refractivity contribution is 5.01. The Bertz CT molecular complexity index is 609. The molecular weight excluding hydrogens is 304 g/mol. The van der Waals surface area contributed by atoms with Crippen molar-refractivity contribution in [1.29, 1.82) is 0 Å². The molecule has 6 nitrogen and oxygen atoms in total. The van der Waals surface area contributed by atoms with Gasteiger partial charge in [-0.1, -0.05) is 12.8 Å². The Morgan fingerprint density at radius 2 is 2.04 bits per heavy atom. The number of nitrogens with zero attached hydrogens (tertiary/aromatic N) is 2. The first-order valence-corrected chi connectivity index (χ1v) is 9.59. The van der Waals surface area contributed by atoms with Crippen molar-refractivity contribution in [2.45, 2.75) is 69.9 Å². The first-order valence-electron chi connectivity index (χ1n) is 9.59. The Labute approximate surface area is 143 Å². The molecule has 2 aliphatic carbocycles. The quantitative estimate of drug-likeness (QED) is 0.880. The van der Waals surface area contributed by atoms with Crippen molar-refractivity contribution in [2.75, 3.05) is 13.2 Å². The Morgan fingerprint density at radius 1 is 1.29 bits per heavy atom. The maximum Gasteiger partial charge on any atom is 0.343 e. The molecule has 6 heteroatoms. The van der Waals surface area contributed by atoms with Crippen molar-refractivity contribution in [3.05, 3.63) is 16.3 Å². The second-order valence-electron chi connectivity index (χ2n) is 8.24. The van der Waals surface area contributed by atoms with Crippen molar-refractivity contribution >= 4 is 0 Å². The zero-order valence-electron chi connectivity index (χ0n) is 14.7. The first kappa shape index (κ1) is 16.3. The van der Waals surface area contributed by atoms with Crippen LogP contribution in [-0.2, 0) is 18.2 Å². The number of ether oxygens (including phenoxy) is 1. The highest BCUT2D eigenvalue weighted by atomic mass is 16.5. The molecule has 0 unspecified atom stereocenters. The minimum Gasteiger partial charge on any atom is -0.381 e. The van der Waals surface area contributed by atoms with Crippen molar-refractivity contribution in [2.24, 2.45) is 18.4 Å². The lowest BCUT2D eigenvalue weighted by atomic mass is 9.61. The monoisotopic (exact) mass is 334 g/mol. The van der Waals surface area contributed by atoms with Crippen LogP contribution >= 0.6 is 0 Å². The molecule has 0 amide bonds. The molecule has 4 rings (SSSR count). The third-order valence-corrected chi connectivity index (χ3v) is 6.69. The molecule has 2 saturated carbocycles. The van der Waals surface area contributed by atoms with Gasteiger partial charge in [0.15, 0.2) is 0 Å². The number of aromatic nitrogens is 3. The van der Waals surface area contributed by atoms with Gasteiger partial charge in [0.2, 0.25) is 0 Å². The lowest BCUT2D eigenvalue weighted by Crippen LogP contribution is -2.55. The molecule has 3 fully saturated rings. The summed E-state index contributed by atoms with van der Waals surface area (Å²) in [6, 6.07) is 1.25. The van der Waals surface area contributed by atoms with E-state index < -0.39 is 0 Å². The van der Waals surface area contributed by atoms with Crippen LogP contribution in [0.4, 0.5) is 0 Å². The SMILES string of the molecule is Cn1c(C[C@H]2CCCC[C@H]2NC2CC3(CCOCC3)C2)n[nH]c1=O. The van der Waals surface area contributed by atoms with Crippen molar-refractivity contribution in [1.82, 2.24) is 20.1 Å². The topological polar surface area (TPSA) is 71.9 Å². The number of hydrogen-bond donors (Lipinski definition) is 2. The number of aromatic amines is 1. The molecule has 2 atom stereocenters. The van der Waals surface area contributed by atoms with Crippen LogP contribution in [0.1, 0.15) is 57.2 Å². The van der Waals surface area contributed by atoms with Gasteiger partial charge in [-0.15, -0.1) is 0 Å². The van der Waals surface area contributed by atoms with E-state index in [-0.39, 0.29) is 5.69 Å². The zero-order chi connectivity index (χ0) is 16.6. The van der Waals surface area contributed by atoms with E-state index in [1.807, 2.05) is 7.05 Å². The van der Waals surface area contributed by atoms with Gasteiger partial charge >= 0.3 is 5.69 Å². The second-order valence-corrected chi connectivity index (χ2v) is 8.24. The molecule has 1 aliphatic heterocycles. The summed E-state index contributed by atoms with van der Waals surface area (Å²) >= 11 is 0. The summed E-state index contributed by atoms with van der Waals surface area (Å²) in [5.74, 6) is 1.49. The lowest BCUT2D eigenvalue weighted by Gasteiger charge is -2.52. The van der Waals surface area contributed by atoms with Crippen molar-refractivity contribution < 1.29 is 4.74 Å². The van der Waals surface area contributed by atoms with Gasteiger partial charge < -0.3 is 10.1 Å². The average molecular weight is 334 g/mol. The van der Waals surface area contributed by atoms with Crippen molar-refractivity contribution in [3.8, 4) is 0 Å². The summed E-state index contributed by atoms with van der Waals surface area (Å²) in [6.45, 7) is 1.90. The van der Waals surface area contributed by atoms with E-state index in [4.69, 9.17) is 4.74 Å². The highest BCUT2D eigenvalue weighted by Crippen LogP contribution is 2.49. The summed E-state index contributed by atoms with van der Waals surface area (Å²) < 4.78 is 7.18. The molecule has 1 aromatic rings. The molecule has 2 heterocycles. The van der Waals surface area contributed by atoms with Crippen LogP contribution in [0.15, 0.2) is 4.79 Å². The fourth-order valence-corrected chi connectivity index (χ4v) is 5.09. The van der Waals surface area contributed by atoms with Gasteiger partial charge in [0.05, 0.1) is 0 Å². The third kappa shape index (κ3) is 3.18. The van der Waals surface area contributed by atoms with Crippen LogP contribution in [0.2, 0.25) is 0 Å². The van der Waals surface area contributed by atoms with E-state index in [0.717, 1.165) is 25.5 Å². The summed E-state index contributed by atoms with van der Waals surface area (Å²) in [6.07, 6.45) is 11.1. The minimum atomic E-state index is -0.106. The molecule has 134 valence electrons. The first-order chi connectivity index (χ1) is 11.7. The molecule has 0 radical (unpaired) electrons. The summed E-state index contributed by atoms with van der Waals surface area (Å²) in [5, 5.41) is 10.7. The molecule has 0 aromatic carbocycles. The van der Waals surface area contributed by atoms with E-state index in [1.165, 1.54) is 51.4 Å². The lowest BCUT2D eigenvalue weighted by molar-refractivity contribution is -0.0493. The van der Waals surface area contributed by atoms with Crippen LogP contribution < -0.4 is 11.0 Å². The molecular formula is C18H30N4O2. The molecule has 2 N–H and O–H groups in total. The van der Waals surface area contributed by atoms with Crippen LogP contribution in [0.5, 0.6) is 0 Å². The van der Waals surface area contributed by atoms with E-state index in [9.17, 15) is 4.79 Å². The maximum atomic E-state index is 11.6. The van der Waals surface area contributed by atoms with Gasteiger partial charge in [0.25, 0.3) is 0 Å². The summed E-state index contributed by atoms with van der Waals surface area (Å²) in [5.41, 5.74) is 0.470. The van der Waals surface area contributed by atoms with Gasteiger partial charge in [-0.05, 0) is 49.9 Å². The van der Waals surface area contributed by atoms with Crippen molar-refractivity contribution in [3.63, 3.8) is 0 Å². The van der Waals surface area contributed by atoms with E-state index in [1.54, 1.807) is 4.57 Å². The molecule has 1 aromatic heterocycles. The minimum absolute atomic E-state index is 0.106. The number of nitrogens with one attached hydrogen (secondary N) is 2. The second kappa shape index (κ2) is 6.64. The molecule has 1 spiro atoms. The van der Waals surface area contributed by atoms with E-state index >= 15 is 0 Å². The van der Waals surface area contributed by atoms with Gasteiger partial charge in [-0.2, -0.15) is 5.10 Å². The van der Waals surface area contributed by atoms with Gasteiger partial charge in [-0.25, -0.2) is 9.89 Å². The smallest absolute Gasteiger partial charge is 0.343 e. The molecule has 3 aliphatic rings. The fraction of sp³-hybridized carbons (Fsp3) is 0.889. The van der Waals surface area contributed by atoms with Crippen LogP contribution in [-0.4, -0.2) is 40.1 Å².